The Morgan fingerprint density at radius 1 is 0.762 bits per heavy atom. The fourth-order valence-electron chi connectivity index (χ4n) is 4.76. The van der Waals surface area contributed by atoms with E-state index < -0.39 is 21.3 Å². The lowest BCUT2D eigenvalue weighted by Gasteiger charge is -2.14. The average molecular weight is 596 g/mol. The molecule has 0 radical (unpaired) electrons. The summed E-state index contributed by atoms with van der Waals surface area (Å²) in [6.07, 6.45) is 1.53. The predicted molar refractivity (Wildman–Crippen MR) is 165 cm³/mol. The lowest BCUT2D eigenvalue weighted by molar-refractivity contribution is -0.123. The lowest BCUT2D eigenvalue weighted by atomic mass is 10.0. The first-order chi connectivity index (χ1) is 20.3. The Hall–Kier alpha value is -4.60. The van der Waals surface area contributed by atoms with Crippen LogP contribution in [-0.4, -0.2) is 37.6 Å². The smallest absolute Gasteiger partial charge is 0.339 e. The van der Waals surface area contributed by atoms with Crippen LogP contribution in [0.4, 0.5) is 4.79 Å². The summed E-state index contributed by atoms with van der Waals surface area (Å²) < 4.78 is 37.8. The highest BCUT2D eigenvalue weighted by molar-refractivity contribution is 8.18. The average Bonchev–Trinajstić information content (AvgIpc) is 3.26. The van der Waals surface area contributed by atoms with Crippen LogP contribution in [0, 0.1) is 6.92 Å². The number of imide groups is 1. The molecule has 1 aliphatic heterocycles. The number of hydrogen-bond acceptors (Lipinski definition) is 7. The van der Waals surface area contributed by atoms with E-state index in [0.717, 1.165) is 38.4 Å². The minimum absolute atomic E-state index is 0.0127. The van der Waals surface area contributed by atoms with Crippen LogP contribution >= 0.6 is 11.8 Å². The largest absolute Gasteiger partial charge is 0.491 e. The highest BCUT2D eigenvalue weighted by Gasteiger charge is 2.35. The third kappa shape index (κ3) is 5.48. The van der Waals surface area contributed by atoms with Gasteiger partial charge in [0.05, 0.1) is 11.4 Å². The fourth-order valence-corrected chi connectivity index (χ4v) is 6.55. The summed E-state index contributed by atoms with van der Waals surface area (Å²) in [5.41, 5.74) is 1.31. The van der Waals surface area contributed by atoms with Gasteiger partial charge in [0.1, 0.15) is 17.3 Å². The topological polar surface area (TPSA) is 90.0 Å². The number of aryl methyl sites for hydroxylation is 1. The molecule has 1 heterocycles. The molecule has 42 heavy (non-hydrogen) atoms. The molecule has 0 aliphatic carbocycles. The van der Waals surface area contributed by atoms with E-state index in [0.29, 0.717) is 16.7 Å². The predicted octanol–water partition coefficient (Wildman–Crippen LogP) is 7.18. The summed E-state index contributed by atoms with van der Waals surface area (Å²) in [4.78, 5) is 27.6. The van der Waals surface area contributed by atoms with Gasteiger partial charge in [-0.3, -0.25) is 14.5 Å². The Labute approximate surface area is 247 Å². The van der Waals surface area contributed by atoms with Crippen LogP contribution in [-0.2, 0) is 14.9 Å². The zero-order valence-electron chi connectivity index (χ0n) is 22.5. The molecule has 5 aromatic carbocycles. The van der Waals surface area contributed by atoms with E-state index in [2.05, 4.69) is 0 Å². The van der Waals surface area contributed by atoms with E-state index in [1.807, 2.05) is 73.7 Å². The molecular weight excluding hydrogens is 570 g/mol. The molecule has 0 saturated carbocycles. The highest BCUT2D eigenvalue weighted by atomic mass is 32.2. The van der Waals surface area contributed by atoms with Gasteiger partial charge in [0, 0.05) is 10.9 Å². The first-order valence-corrected chi connectivity index (χ1v) is 15.4. The van der Waals surface area contributed by atoms with Gasteiger partial charge in [0.15, 0.2) is 5.75 Å². The zero-order valence-corrected chi connectivity index (χ0v) is 24.2. The molecule has 0 spiro atoms. The van der Waals surface area contributed by atoms with Gasteiger partial charge in [-0.1, -0.05) is 84.4 Å². The first kappa shape index (κ1) is 27.6. The summed E-state index contributed by atoms with van der Waals surface area (Å²) in [7, 11) is -4.16. The van der Waals surface area contributed by atoms with Crippen LogP contribution in [0.1, 0.15) is 11.1 Å². The van der Waals surface area contributed by atoms with Gasteiger partial charge < -0.3 is 8.92 Å². The molecule has 2 amide bonds. The van der Waals surface area contributed by atoms with Gasteiger partial charge in [-0.25, -0.2) is 0 Å². The van der Waals surface area contributed by atoms with Crippen LogP contribution in [0.3, 0.4) is 0 Å². The number of hydrogen-bond donors (Lipinski definition) is 0. The van der Waals surface area contributed by atoms with E-state index in [1.165, 1.54) is 18.2 Å². The second kappa shape index (κ2) is 11.3. The Morgan fingerprint density at radius 3 is 2.19 bits per heavy atom. The van der Waals surface area contributed by atoms with E-state index in [9.17, 15) is 18.0 Å². The second-order valence-corrected chi connectivity index (χ2v) is 12.2. The van der Waals surface area contributed by atoms with Gasteiger partial charge in [-0.05, 0) is 65.2 Å². The van der Waals surface area contributed by atoms with Gasteiger partial charge in [-0.2, -0.15) is 8.42 Å². The standard InChI is InChI=1S/C33H25NO6S2/c1-22-13-16-25(17-14-22)42(37,38)40-30-18-15-24-8-2-4-10-26(24)28(30)21-31-32(35)34(33(36)41-31)19-20-39-29-12-6-9-23-7-3-5-11-27(23)29/h2-18,21H,19-20H2,1H3/b31-21-. The van der Waals surface area contributed by atoms with Gasteiger partial charge in [0.25, 0.3) is 11.1 Å². The number of amides is 2. The molecule has 0 aromatic heterocycles. The van der Waals surface area contributed by atoms with Crippen molar-refractivity contribution in [2.45, 2.75) is 11.8 Å². The van der Waals surface area contributed by atoms with Crippen molar-refractivity contribution in [3.05, 3.63) is 119 Å². The van der Waals surface area contributed by atoms with Crippen molar-refractivity contribution in [2.24, 2.45) is 0 Å². The molecule has 7 nitrogen and oxygen atoms in total. The highest BCUT2D eigenvalue weighted by Crippen LogP contribution is 2.38. The van der Waals surface area contributed by atoms with Crippen molar-refractivity contribution in [3.8, 4) is 11.5 Å². The fraction of sp³-hybridized carbons (Fsp3) is 0.0909. The van der Waals surface area contributed by atoms with Crippen LogP contribution in [0.15, 0.2) is 113 Å². The van der Waals surface area contributed by atoms with Crippen molar-refractivity contribution in [1.29, 1.82) is 0 Å². The molecule has 0 atom stereocenters. The summed E-state index contributed by atoms with van der Waals surface area (Å²) in [5.74, 6) is 0.245. The Morgan fingerprint density at radius 2 is 1.43 bits per heavy atom. The van der Waals surface area contributed by atoms with E-state index in [1.54, 1.807) is 24.3 Å². The van der Waals surface area contributed by atoms with Gasteiger partial charge >= 0.3 is 10.1 Å². The van der Waals surface area contributed by atoms with Crippen LogP contribution in [0.2, 0.25) is 0 Å². The number of thioether (sulfide) groups is 1. The lowest BCUT2D eigenvalue weighted by Crippen LogP contribution is -2.32. The maximum Gasteiger partial charge on any atom is 0.339 e. The van der Waals surface area contributed by atoms with Crippen molar-refractivity contribution in [1.82, 2.24) is 4.90 Å². The molecule has 1 fully saturated rings. The molecule has 0 unspecified atom stereocenters. The summed E-state index contributed by atoms with van der Waals surface area (Å²) in [5, 5.41) is 3.05. The third-order valence-corrected chi connectivity index (χ3v) is 9.07. The maximum absolute atomic E-state index is 13.4. The molecule has 1 aliphatic rings. The van der Waals surface area contributed by atoms with E-state index in [-0.39, 0.29) is 28.7 Å². The number of rotatable bonds is 8. The molecule has 6 rings (SSSR count). The summed E-state index contributed by atoms with van der Waals surface area (Å²) in [6, 6.07) is 30.6. The number of carbonyl (C=O) groups is 2. The molecule has 0 bridgehead atoms. The Balaban J connectivity index is 1.27. The number of ether oxygens (including phenoxy) is 1. The minimum Gasteiger partial charge on any atom is -0.491 e. The Kier molecular flexibility index (Phi) is 7.45. The quantitative estimate of drug-likeness (QED) is 0.139. The molecule has 9 heteroatoms. The van der Waals surface area contributed by atoms with Crippen molar-refractivity contribution < 1.29 is 26.9 Å². The van der Waals surface area contributed by atoms with Crippen molar-refractivity contribution >= 4 is 60.6 Å². The van der Waals surface area contributed by atoms with Crippen molar-refractivity contribution in [3.63, 3.8) is 0 Å². The van der Waals surface area contributed by atoms with Crippen molar-refractivity contribution in [2.75, 3.05) is 13.2 Å². The molecule has 5 aromatic rings. The normalized spacial score (nSPS) is 14.7. The molecule has 0 N–H and O–H groups in total. The van der Waals surface area contributed by atoms with E-state index in [4.69, 9.17) is 8.92 Å². The molecule has 210 valence electrons. The van der Waals surface area contributed by atoms with Gasteiger partial charge in [-0.15, -0.1) is 0 Å². The number of carbonyl (C=O) groups excluding carboxylic acids is 2. The zero-order chi connectivity index (χ0) is 29.3. The number of benzene rings is 5. The first-order valence-electron chi connectivity index (χ1n) is 13.2. The van der Waals surface area contributed by atoms with Gasteiger partial charge in [0.2, 0.25) is 0 Å². The van der Waals surface area contributed by atoms with Crippen LogP contribution < -0.4 is 8.92 Å². The SMILES string of the molecule is Cc1ccc(S(=O)(=O)Oc2ccc3ccccc3c2/C=C2\SC(=O)N(CCOc3cccc4ccccc34)C2=O)cc1. The second-order valence-electron chi connectivity index (χ2n) is 9.71. The molecular formula is C33H25NO6S2. The maximum atomic E-state index is 13.4. The molecule has 1 saturated heterocycles. The summed E-state index contributed by atoms with van der Waals surface area (Å²) in [6.45, 7) is 2.05. The van der Waals surface area contributed by atoms with Crippen LogP contribution in [0.5, 0.6) is 11.5 Å². The van der Waals surface area contributed by atoms with E-state index >= 15 is 0 Å². The third-order valence-electron chi connectivity index (χ3n) is 6.91. The summed E-state index contributed by atoms with van der Waals surface area (Å²) >= 11 is 0.797. The Bertz CT molecular complexity index is 1980. The minimum atomic E-state index is -4.16. The monoisotopic (exact) mass is 595 g/mol. The number of nitrogens with zero attached hydrogens (tertiary/aromatic N) is 1. The number of fused-ring (bicyclic) bond motifs is 2. The van der Waals surface area contributed by atoms with Crippen LogP contribution in [0.25, 0.3) is 27.6 Å².